The summed E-state index contributed by atoms with van der Waals surface area (Å²) in [6, 6.07) is 22.9. The van der Waals surface area contributed by atoms with Crippen LogP contribution in [0.1, 0.15) is 0 Å². The Hall–Kier alpha value is -4.16. The molecule has 0 saturated heterocycles. The van der Waals surface area contributed by atoms with Crippen LogP contribution < -0.4 is 0 Å². The Kier molecular flexibility index (Phi) is 3.65. The zero-order valence-corrected chi connectivity index (χ0v) is 17.6. The van der Waals surface area contributed by atoms with E-state index < -0.39 is 0 Å². The van der Waals surface area contributed by atoms with Crippen LogP contribution >= 0.6 is 11.3 Å². The molecule has 0 bridgehead atoms. The molecule has 0 aliphatic heterocycles. The number of nitrogens with one attached hydrogen (secondary N) is 1. The molecule has 4 heterocycles. The fraction of sp³-hybridized carbons (Fsp3) is 0. The van der Waals surface area contributed by atoms with Gasteiger partial charge in [-0.15, -0.1) is 11.3 Å². The highest BCUT2D eigenvalue weighted by Crippen LogP contribution is 2.30. The first-order valence-corrected chi connectivity index (χ1v) is 11.2. The van der Waals surface area contributed by atoms with Crippen molar-refractivity contribution >= 4 is 54.4 Å². The average molecular weight is 430 g/mol. The van der Waals surface area contributed by atoms with Crippen molar-refractivity contribution in [3.63, 3.8) is 0 Å². The second-order valence-corrected chi connectivity index (χ2v) is 8.67. The third kappa shape index (κ3) is 2.70. The standard InChI is InChI=1S/C26H15N5S/c1-2-15-3-4-17-10-19(13-28-25(17)24(15)27-9-1)16-5-7-20-21(11-16)31-26(30-20)18-6-8-23-22(12-18)29-14-32-23/h1-14H,(H,30,31). The number of imidazole rings is 1. The minimum absolute atomic E-state index is 0.848. The summed E-state index contributed by atoms with van der Waals surface area (Å²) in [5, 5.41) is 2.18. The molecule has 0 amide bonds. The van der Waals surface area contributed by atoms with E-state index in [1.807, 2.05) is 24.0 Å². The van der Waals surface area contributed by atoms with Gasteiger partial charge in [-0.25, -0.2) is 9.97 Å². The first kappa shape index (κ1) is 17.5. The number of aromatic amines is 1. The van der Waals surface area contributed by atoms with Crippen molar-refractivity contribution in [2.75, 3.05) is 0 Å². The Morgan fingerprint density at radius 1 is 0.688 bits per heavy atom. The van der Waals surface area contributed by atoms with Gasteiger partial charge in [0.2, 0.25) is 0 Å². The van der Waals surface area contributed by atoms with Gasteiger partial charge in [0.1, 0.15) is 5.82 Å². The maximum atomic E-state index is 4.79. The highest BCUT2D eigenvalue weighted by molar-refractivity contribution is 7.16. The van der Waals surface area contributed by atoms with Crippen molar-refractivity contribution in [3.8, 4) is 22.5 Å². The van der Waals surface area contributed by atoms with E-state index >= 15 is 0 Å². The molecule has 7 rings (SSSR count). The van der Waals surface area contributed by atoms with Crippen molar-refractivity contribution < 1.29 is 0 Å². The highest BCUT2D eigenvalue weighted by Gasteiger charge is 2.10. The topological polar surface area (TPSA) is 67.3 Å². The average Bonchev–Trinajstić information content (AvgIpc) is 3.49. The van der Waals surface area contributed by atoms with Crippen LogP contribution in [0.25, 0.3) is 65.6 Å². The fourth-order valence-electron chi connectivity index (χ4n) is 4.23. The van der Waals surface area contributed by atoms with Gasteiger partial charge in [-0.3, -0.25) is 9.97 Å². The SMILES string of the molecule is c1cnc2c(c1)ccc1cc(-c3ccc4nc(-c5ccc6scnc6c5)[nH]c4c3)cnc12. The molecule has 0 saturated carbocycles. The van der Waals surface area contributed by atoms with Crippen molar-refractivity contribution in [1.82, 2.24) is 24.9 Å². The van der Waals surface area contributed by atoms with Gasteiger partial charge in [-0.2, -0.15) is 0 Å². The largest absolute Gasteiger partial charge is 0.338 e. The summed E-state index contributed by atoms with van der Waals surface area (Å²) in [4.78, 5) is 22.0. The lowest BCUT2D eigenvalue weighted by atomic mass is 10.0. The maximum absolute atomic E-state index is 4.79. The van der Waals surface area contributed by atoms with E-state index in [-0.39, 0.29) is 0 Å². The molecule has 0 spiro atoms. The summed E-state index contributed by atoms with van der Waals surface area (Å²) < 4.78 is 1.18. The summed E-state index contributed by atoms with van der Waals surface area (Å²) >= 11 is 1.65. The molecule has 3 aromatic carbocycles. The van der Waals surface area contributed by atoms with Gasteiger partial charge in [0.05, 0.1) is 37.8 Å². The number of H-pyrrole nitrogens is 1. The Labute approximate surface area is 186 Å². The minimum atomic E-state index is 0.848. The second kappa shape index (κ2) is 6.67. The Balaban J connectivity index is 1.32. The molecule has 5 nitrogen and oxygen atoms in total. The minimum Gasteiger partial charge on any atom is -0.338 e. The van der Waals surface area contributed by atoms with Crippen molar-refractivity contribution in [3.05, 3.63) is 84.6 Å². The van der Waals surface area contributed by atoms with E-state index in [9.17, 15) is 0 Å². The summed E-state index contributed by atoms with van der Waals surface area (Å²) in [6.07, 6.45) is 3.73. The number of hydrogen-bond acceptors (Lipinski definition) is 5. The van der Waals surface area contributed by atoms with Gasteiger partial charge in [0.25, 0.3) is 0 Å². The molecule has 32 heavy (non-hydrogen) atoms. The Morgan fingerprint density at radius 3 is 2.59 bits per heavy atom. The number of rotatable bonds is 2. The van der Waals surface area contributed by atoms with Gasteiger partial charge in [0, 0.05) is 34.3 Å². The zero-order valence-electron chi connectivity index (χ0n) is 16.8. The second-order valence-electron chi connectivity index (χ2n) is 7.79. The van der Waals surface area contributed by atoms with Crippen LogP contribution in [-0.4, -0.2) is 24.9 Å². The van der Waals surface area contributed by atoms with E-state index in [0.29, 0.717) is 0 Å². The van der Waals surface area contributed by atoms with E-state index in [0.717, 1.165) is 60.9 Å². The molecule has 0 radical (unpaired) electrons. The summed E-state index contributed by atoms with van der Waals surface area (Å²) in [5.41, 5.74) is 9.85. The Morgan fingerprint density at radius 2 is 1.59 bits per heavy atom. The van der Waals surface area contributed by atoms with Gasteiger partial charge < -0.3 is 4.98 Å². The summed E-state index contributed by atoms with van der Waals surface area (Å²) in [7, 11) is 0. The van der Waals surface area contributed by atoms with Crippen LogP contribution in [0.15, 0.2) is 84.6 Å². The van der Waals surface area contributed by atoms with Gasteiger partial charge >= 0.3 is 0 Å². The summed E-state index contributed by atoms with van der Waals surface area (Å²) in [5.74, 6) is 0.848. The van der Waals surface area contributed by atoms with Gasteiger partial charge in [-0.1, -0.05) is 24.3 Å². The Bertz CT molecular complexity index is 1800. The number of fused-ring (bicyclic) bond motifs is 5. The maximum Gasteiger partial charge on any atom is 0.138 e. The van der Waals surface area contributed by atoms with Crippen LogP contribution in [0.4, 0.5) is 0 Å². The monoisotopic (exact) mass is 429 g/mol. The molecular weight excluding hydrogens is 414 g/mol. The van der Waals surface area contributed by atoms with Crippen molar-refractivity contribution in [2.45, 2.75) is 0 Å². The van der Waals surface area contributed by atoms with Crippen LogP contribution in [0.5, 0.6) is 0 Å². The molecule has 1 N–H and O–H groups in total. The molecule has 6 heteroatoms. The van der Waals surface area contributed by atoms with Crippen LogP contribution in [0, 0.1) is 0 Å². The smallest absolute Gasteiger partial charge is 0.138 e. The molecule has 150 valence electrons. The molecule has 0 atom stereocenters. The number of aromatic nitrogens is 5. The molecule has 0 aliphatic carbocycles. The predicted octanol–water partition coefficient (Wildman–Crippen LogP) is 6.60. The van der Waals surface area contributed by atoms with E-state index in [4.69, 9.17) is 9.97 Å². The van der Waals surface area contributed by atoms with Crippen LogP contribution in [0.3, 0.4) is 0 Å². The molecule has 7 aromatic rings. The van der Waals surface area contributed by atoms with E-state index in [1.165, 1.54) is 4.70 Å². The lowest BCUT2D eigenvalue weighted by molar-refractivity contribution is 1.34. The van der Waals surface area contributed by atoms with Crippen molar-refractivity contribution in [1.29, 1.82) is 0 Å². The molecule has 0 fully saturated rings. The zero-order chi connectivity index (χ0) is 21.1. The molecule has 0 aliphatic rings. The number of nitrogens with zero attached hydrogens (tertiary/aromatic N) is 4. The van der Waals surface area contributed by atoms with Gasteiger partial charge in [0.15, 0.2) is 0 Å². The quantitative estimate of drug-likeness (QED) is 0.314. The first-order valence-electron chi connectivity index (χ1n) is 10.3. The highest BCUT2D eigenvalue weighted by atomic mass is 32.1. The first-order chi connectivity index (χ1) is 15.8. The third-order valence-corrected chi connectivity index (χ3v) is 6.65. The normalized spacial score (nSPS) is 11.8. The molecular formula is C26H15N5S. The summed E-state index contributed by atoms with van der Waals surface area (Å²) in [6.45, 7) is 0. The van der Waals surface area contributed by atoms with Crippen LogP contribution in [0.2, 0.25) is 0 Å². The predicted molar refractivity (Wildman–Crippen MR) is 131 cm³/mol. The van der Waals surface area contributed by atoms with E-state index in [1.54, 1.807) is 11.3 Å². The van der Waals surface area contributed by atoms with E-state index in [2.05, 4.69) is 75.6 Å². The molecule has 4 aromatic heterocycles. The lowest BCUT2D eigenvalue weighted by Crippen LogP contribution is -1.87. The van der Waals surface area contributed by atoms with Crippen LogP contribution in [-0.2, 0) is 0 Å². The molecule has 0 unspecified atom stereocenters. The lowest BCUT2D eigenvalue weighted by Gasteiger charge is -2.06. The van der Waals surface area contributed by atoms with Crippen molar-refractivity contribution in [2.24, 2.45) is 0 Å². The fourth-order valence-corrected chi connectivity index (χ4v) is 4.88. The number of benzene rings is 3. The third-order valence-electron chi connectivity index (χ3n) is 5.84. The number of thiazole rings is 1. The number of hydrogen-bond donors (Lipinski definition) is 1. The van der Waals surface area contributed by atoms with Gasteiger partial charge in [-0.05, 0) is 48.0 Å². The number of pyridine rings is 2.